The number of nitrogens with zero attached hydrogens (tertiary/aromatic N) is 4. The van der Waals surface area contributed by atoms with Gasteiger partial charge in [0.05, 0.1) is 5.71 Å². The first-order chi connectivity index (χ1) is 14.2. The van der Waals surface area contributed by atoms with E-state index in [-0.39, 0.29) is 5.91 Å². The van der Waals surface area contributed by atoms with Crippen molar-refractivity contribution in [2.24, 2.45) is 5.10 Å². The zero-order valence-electron chi connectivity index (χ0n) is 15.7. The van der Waals surface area contributed by atoms with Crippen LogP contribution in [0.15, 0.2) is 77.0 Å². The first-order valence-corrected chi connectivity index (χ1v) is 10.2. The molecule has 1 N–H and O–H groups in total. The predicted molar refractivity (Wildman–Crippen MR) is 116 cm³/mol. The minimum atomic E-state index is -0.0860. The Morgan fingerprint density at radius 1 is 1.00 bits per heavy atom. The fourth-order valence-electron chi connectivity index (χ4n) is 3.41. The van der Waals surface area contributed by atoms with E-state index in [0.29, 0.717) is 5.75 Å². The lowest BCUT2D eigenvalue weighted by atomic mass is 10.0. The van der Waals surface area contributed by atoms with Crippen molar-refractivity contribution in [1.82, 2.24) is 14.9 Å². The molecule has 2 heterocycles. The predicted octanol–water partition coefficient (Wildman–Crippen LogP) is 4.41. The molecule has 7 heteroatoms. The summed E-state index contributed by atoms with van der Waals surface area (Å²) in [4.78, 5) is 11.2. The van der Waals surface area contributed by atoms with Gasteiger partial charge >= 0.3 is 0 Å². The lowest BCUT2D eigenvalue weighted by Crippen LogP contribution is -2.14. The summed E-state index contributed by atoms with van der Waals surface area (Å²) in [6, 6.07) is 22.1. The highest BCUT2D eigenvalue weighted by molar-refractivity contribution is 7.99. The van der Waals surface area contributed by atoms with Gasteiger partial charge in [-0.25, -0.2) is 0 Å². The van der Waals surface area contributed by atoms with Crippen LogP contribution >= 0.6 is 11.8 Å². The molecule has 3 aromatic carbocycles. The summed E-state index contributed by atoms with van der Waals surface area (Å²) < 4.78 is 1.83. The standard InChI is InChI=1S/C22H17N5OS/c1-14(28)23-17-11-9-16(10-12-17)20-13-29-22-25-24-21(27(22)26-20)19-8-4-6-15-5-2-3-7-18(15)19/h2-12H,13H2,1H3,(H,23,28). The smallest absolute Gasteiger partial charge is 0.221 e. The number of rotatable bonds is 3. The molecule has 0 unspecified atom stereocenters. The molecule has 0 spiro atoms. The summed E-state index contributed by atoms with van der Waals surface area (Å²) in [5.41, 5.74) is 3.73. The lowest BCUT2D eigenvalue weighted by Gasteiger charge is -2.15. The fourth-order valence-corrected chi connectivity index (χ4v) is 4.25. The van der Waals surface area contributed by atoms with Gasteiger partial charge in [0.1, 0.15) is 0 Å². The number of carbonyl (C=O) groups is 1. The van der Waals surface area contributed by atoms with Crippen LogP contribution in [0.3, 0.4) is 0 Å². The van der Waals surface area contributed by atoms with Gasteiger partial charge in [-0.05, 0) is 28.5 Å². The molecular formula is C22H17N5OS. The summed E-state index contributed by atoms with van der Waals surface area (Å²) in [5.74, 6) is 1.36. The van der Waals surface area contributed by atoms with E-state index in [1.165, 1.54) is 6.92 Å². The normalized spacial score (nSPS) is 13.1. The minimum absolute atomic E-state index is 0.0860. The van der Waals surface area contributed by atoms with E-state index in [1.807, 2.05) is 47.1 Å². The second kappa shape index (κ2) is 7.18. The zero-order valence-corrected chi connectivity index (χ0v) is 16.5. The molecule has 1 aliphatic rings. The topological polar surface area (TPSA) is 72.2 Å². The van der Waals surface area contributed by atoms with Crippen LogP contribution < -0.4 is 5.32 Å². The zero-order chi connectivity index (χ0) is 19.8. The van der Waals surface area contributed by atoms with Crippen LogP contribution in [0.4, 0.5) is 5.69 Å². The number of benzene rings is 3. The molecule has 6 nitrogen and oxygen atoms in total. The van der Waals surface area contributed by atoms with Crippen molar-refractivity contribution in [3.05, 3.63) is 72.3 Å². The highest BCUT2D eigenvalue weighted by Crippen LogP contribution is 2.32. The number of thioether (sulfide) groups is 1. The maximum atomic E-state index is 11.2. The minimum Gasteiger partial charge on any atom is -0.326 e. The van der Waals surface area contributed by atoms with E-state index in [1.54, 1.807) is 11.8 Å². The molecule has 142 valence electrons. The Morgan fingerprint density at radius 2 is 1.79 bits per heavy atom. The van der Waals surface area contributed by atoms with Crippen molar-refractivity contribution in [3.63, 3.8) is 0 Å². The summed E-state index contributed by atoms with van der Waals surface area (Å²) in [5, 5.41) is 19.5. The van der Waals surface area contributed by atoms with Gasteiger partial charge in [0.2, 0.25) is 11.1 Å². The molecule has 0 atom stereocenters. The maximum absolute atomic E-state index is 11.2. The Labute approximate surface area is 171 Å². The molecule has 5 rings (SSSR count). The van der Waals surface area contributed by atoms with Crippen molar-refractivity contribution in [2.45, 2.75) is 12.1 Å². The molecule has 1 aromatic heterocycles. The average Bonchev–Trinajstić information content (AvgIpc) is 3.16. The van der Waals surface area contributed by atoms with Crippen molar-refractivity contribution in [2.75, 3.05) is 11.1 Å². The van der Waals surface area contributed by atoms with Crippen LogP contribution in [-0.4, -0.2) is 32.2 Å². The molecular weight excluding hydrogens is 382 g/mol. The molecule has 1 amide bonds. The molecule has 0 radical (unpaired) electrons. The number of hydrogen-bond acceptors (Lipinski definition) is 5. The van der Waals surface area contributed by atoms with E-state index in [4.69, 9.17) is 5.10 Å². The third-order valence-electron chi connectivity index (χ3n) is 4.74. The highest BCUT2D eigenvalue weighted by Gasteiger charge is 2.21. The van der Waals surface area contributed by atoms with Gasteiger partial charge < -0.3 is 5.32 Å². The van der Waals surface area contributed by atoms with Gasteiger partial charge in [-0.1, -0.05) is 66.4 Å². The fraction of sp³-hybridized carbons (Fsp3) is 0.0909. The summed E-state index contributed by atoms with van der Waals surface area (Å²) >= 11 is 1.62. The summed E-state index contributed by atoms with van der Waals surface area (Å²) in [7, 11) is 0. The Hall–Kier alpha value is -3.45. The van der Waals surface area contributed by atoms with E-state index >= 15 is 0 Å². The number of hydrogen-bond donors (Lipinski definition) is 1. The molecule has 0 saturated heterocycles. The third-order valence-corrected chi connectivity index (χ3v) is 5.67. The molecule has 4 aromatic rings. The largest absolute Gasteiger partial charge is 0.326 e. The van der Waals surface area contributed by atoms with Crippen LogP contribution in [0.5, 0.6) is 0 Å². The van der Waals surface area contributed by atoms with E-state index in [9.17, 15) is 4.79 Å². The molecule has 1 aliphatic heterocycles. The SMILES string of the molecule is CC(=O)Nc1ccc(C2=Nn3c(nnc3-c3cccc4ccccc34)SC2)cc1. The molecule has 0 aliphatic carbocycles. The first kappa shape index (κ1) is 17.6. The molecule has 0 saturated carbocycles. The Kier molecular flexibility index (Phi) is 4.37. The second-order valence-electron chi connectivity index (χ2n) is 6.74. The first-order valence-electron chi connectivity index (χ1n) is 9.21. The van der Waals surface area contributed by atoms with Crippen LogP contribution in [0.1, 0.15) is 12.5 Å². The Morgan fingerprint density at radius 3 is 2.62 bits per heavy atom. The summed E-state index contributed by atoms with van der Waals surface area (Å²) in [6.07, 6.45) is 0. The maximum Gasteiger partial charge on any atom is 0.221 e. The quantitative estimate of drug-likeness (QED) is 0.554. The molecule has 29 heavy (non-hydrogen) atoms. The van der Waals surface area contributed by atoms with E-state index in [0.717, 1.165) is 44.3 Å². The average molecular weight is 399 g/mol. The number of aromatic nitrogens is 3. The summed E-state index contributed by atoms with van der Waals surface area (Å²) in [6.45, 7) is 1.50. The molecule has 0 bridgehead atoms. The van der Waals surface area contributed by atoms with Gasteiger partial charge in [0.25, 0.3) is 0 Å². The second-order valence-corrected chi connectivity index (χ2v) is 7.68. The number of amides is 1. The Bertz CT molecular complexity index is 1250. The lowest BCUT2D eigenvalue weighted by molar-refractivity contribution is -0.114. The Balaban J connectivity index is 1.56. The van der Waals surface area contributed by atoms with Crippen LogP contribution in [0.25, 0.3) is 22.2 Å². The monoisotopic (exact) mass is 399 g/mol. The van der Waals surface area contributed by atoms with Crippen molar-refractivity contribution >= 4 is 39.8 Å². The third kappa shape index (κ3) is 3.30. The number of fused-ring (bicyclic) bond motifs is 2. The van der Waals surface area contributed by atoms with Crippen molar-refractivity contribution in [1.29, 1.82) is 0 Å². The van der Waals surface area contributed by atoms with Gasteiger partial charge in [-0.2, -0.15) is 9.78 Å². The highest BCUT2D eigenvalue weighted by atomic mass is 32.2. The van der Waals surface area contributed by atoms with Crippen LogP contribution in [-0.2, 0) is 4.79 Å². The van der Waals surface area contributed by atoms with Gasteiger partial charge in [0, 0.05) is 23.9 Å². The number of anilines is 1. The molecule has 0 fully saturated rings. The van der Waals surface area contributed by atoms with Crippen LogP contribution in [0, 0.1) is 0 Å². The number of carbonyl (C=O) groups excluding carboxylic acids is 1. The van der Waals surface area contributed by atoms with Crippen LogP contribution in [0.2, 0.25) is 0 Å². The van der Waals surface area contributed by atoms with E-state index in [2.05, 4.69) is 39.8 Å². The van der Waals surface area contributed by atoms with Crippen molar-refractivity contribution in [3.8, 4) is 11.4 Å². The van der Waals surface area contributed by atoms with Crippen molar-refractivity contribution < 1.29 is 4.79 Å². The van der Waals surface area contributed by atoms with Gasteiger partial charge in [-0.3, -0.25) is 4.79 Å². The van der Waals surface area contributed by atoms with Gasteiger partial charge in [0.15, 0.2) is 5.82 Å². The van der Waals surface area contributed by atoms with E-state index < -0.39 is 0 Å². The van der Waals surface area contributed by atoms with Gasteiger partial charge in [-0.15, -0.1) is 10.2 Å². The number of nitrogens with one attached hydrogen (secondary N) is 1.